The number of nitrogen functional groups attached to an aromatic ring is 1. The molecule has 5 nitrogen and oxygen atoms in total. The summed E-state index contributed by atoms with van der Waals surface area (Å²) in [6, 6.07) is 5.17. The number of carboxylic acid groups (broad SMARTS) is 1. The molecule has 108 valence electrons. The van der Waals surface area contributed by atoms with Gasteiger partial charge in [0, 0.05) is 35.2 Å². The smallest absolute Gasteiger partial charge is 0.303 e. The van der Waals surface area contributed by atoms with E-state index in [4.69, 9.17) is 10.8 Å². The van der Waals surface area contributed by atoms with Gasteiger partial charge in [0.1, 0.15) is 0 Å². The number of halogens is 1. The SMILES string of the molecule is Nc1cc(C(=O)N2CCC(CC(=O)O)CC2)ccc1Br. The minimum Gasteiger partial charge on any atom is -0.481 e. The lowest BCUT2D eigenvalue weighted by Crippen LogP contribution is -2.38. The summed E-state index contributed by atoms with van der Waals surface area (Å²) >= 11 is 3.30. The van der Waals surface area contributed by atoms with E-state index >= 15 is 0 Å². The summed E-state index contributed by atoms with van der Waals surface area (Å²) in [6.07, 6.45) is 1.67. The Kier molecular flexibility index (Phi) is 4.65. The number of aliphatic carboxylic acids is 1. The van der Waals surface area contributed by atoms with Gasteiger partial charge in [0.15, 0.2) is 0 Å². The predicted octanol–water partition coefficient (Wildman–Crippen LogP) is 2.36. The summed E-state index contributed by atoms with van der Waals surface area (Å²) in [6.45, 7) is 1.21. The van der Waals surface area contributed by atoms with Crippen LogP contribution in [0.2, 0.25) is 0 Å². The summed E-state index contributed by atoms with van der Waals surface area (Å²) in [4.78, 5) is 24.8. The van der Waals surface area contributed by atoms with Crippen LogP contribution < -0.4 is 5.73 Å². The maximum atomic E-state index is 12.3. The molecule has 0 spiro atoms. The lowest BCUT2D eigenvalue weighted by atomic mass is 9.93. The first-order valence-corrected chi connectivity index (χ1v) is 7.32. The van der Waals surface area contributed by atoms with Crippen molar-refractivity contribution < 1.29 is 14.7 Å². The Bertz CT molecular complexity index is 525. The lowest BCUT2D eigenvalue weighted by molar-refractivity contribution is -0.138. The topological polar surface area (TPSA) is 83.6 Å². The molecule has 0 atom stereocenters. The van der Waals surface area contributed by atoms with E-state index in [0.717, 1.165) is 17.3 Å². The highest BCUT2D eigenvalue weighted by atomic mass is 79.9. The van der Waals surface area contributed by atoms with Gasteiger partial charge >= 0.3 is 5.97 Å². The van der Waals surface area contributed by atoms with Crippen molar-refractivity contribution in [1.29, 1.82) is 0 Å². The molecule has 3 N–H and O–H groups in total. The number of hydrogen-bond donors (Lipinski definition) is 2. The van der Waals surface area contributed by atoms with Crippen LogP contribution in [0.5, 0.6) is 0 Å². The van der Waals surface area contributed by atoms with Gasteiger partial charge in [0.2, 0.25) is 0 Å². The Morgan fingerprint density at radius 3 is 2.55 bits per heavy atom. The summed E-state index contributed by atoms with van der Waals surface area (Å²) in [5.74, 6) is -0.639. The van der Waals surface area contributed by atoms with Crippen molar-refractivity contribution in [1.82, 2.24) is 4.90 Å². The summed E-state index contributed by atoms with van der Waals surface area (Å²) in [7, 11) is 0. The van der Waals surface area contributed by atoms with Crippen molar-refractivity contribution >= 4 is 33.5 Å². The zero-order chi connectivity index (χ0) is 14.7. The van der Waals surface area contributed by atoms with E-state index < -0.39 is 5.97 Å². The van der Waals surface area contributed by atoms with Crippen molar-refractivity contribution in [3.63, 3.8) is 0 Å². The number of hydrogen-bond acceptors (Lipinski definition) is 3. The number of carbonyl (C=O) groups excluding carboxylic acids is 1. The molecular formula is C14H17BrN2O3. The molecule has 1 aliphatic heterocycles. The summed E-state index contributed by atoms with van der Waals surface area (Å²) in [5.41, 5.74) is 6.89. The quantitative estimate of drug-likeness (QED) is 0.827. The molecule has 0 saturated carbocycles. The average molecular weight is 341 g/mol. The number of benzene rings is 1. The van der Waals surface area contributed by atoms with Gasteiger partial charge in [0.25, 0.3) is 5.91 Å². The molecule has 0 radical (unpaired) electrons. The monoisotopic (exact) mass is 340 g/mol. The van der Waals surface area contributed by atoms with Crippen LogP contribution in [0.4, 0.5) is 5.69 Å². The Balaban J connectivity index is 1.97. The zero-order valence-electron chi connectivity index (χ0n) is 11.0. The van der Waals surface area contributed by atoms with Gasteiger partial charge in [-0.25, -0.2) is 0 Å². The Morgan fingerprint density at radius 2 is 2.00 bits per heavy atom. The second-order valence-corrected chi connectivity index (χ2v) is 5.92. The van der Waals surface area contributed by atoms with Crippen LogP contribution in [0.3, 0.4) is 0 Å². The lowest BCUT2D eigenvalue weighted by Gasteiger charge is -2.31. The standard InChI is InChI=1S/C14H17BrN2O3/c15-11-2-1-10(8-12(11)16)14(20)17-5-3-9(4-6-17)7-13(18)19/h1-2,8-9H,3-7,16H2,(H,18,19). The fourth-order valence-corrected chi connectivity index (χ4v) is 2.69. The number of nitrogens with two attached hydrogens (primary N) is 1. The molecule has 0 aromatic heterocycles. The number of carboxylic acids is 1. The van der Waals surface area contributed by atoms with Crippen LogP contribution in [0, 0.1) is 5.92 Å². The van der Waals surface area contributed by atoms with Gasteiger partial charge in [-0.2, -0.15) is 0 Å². The number of piperidine rings is 1. The molecule has 1 heterocycles. The first-order valence-electron chi connectivity index (χ1n) is 6.53. The van der Waals surface area contributed by atoms with Crippen LogP contribution in [-0.2, 0) is 4.79 Å². The minimum absolute atomic E-state index is 0.0435. The molecule has 1 aromatic rings. The van der Waals surface area contributed by atoms with Gasteiger partial charge < -0.3 is 15.7 Å². The van der Waals surface area contributed by atoms with Crippen LogP contribution in [0.15, 0.2) is 22.7 Å². The van der Waals surface area contributed by atoms with Crippen LogP contribution in [0.25, 0.3) is 0 Å². The Morgan fingerprint density at radius 1 is 1.35 bits per heavy atom. The molecule has 1 amide bonds. The Labute approximate surface area is 125 Å². The maximum Gasteiger partial charge on any atom is 0.303 e. The molecule has 0 unspecified atom stereocenters. The van der Waals surface area contributed by atoms with Crippen LogP contribution in [0.1, 0.15) is 29.6 Å². The molecule has 6 heteroatoms. The molecule has 2 rings (SSSR count). The van der Waals surface area contributed by atoms with Gasteiger partial charge in [-0.1, -0.05) is 0 Å². The van der Waals surface area contributed by atoms with Crippen LogP contribution >= 0.6 is 15.9 Å². The van der Waals surface area contributed by atoms with Crippen molar-refractivity contribution in [3.05, 3.63) is 28.2 Å². The second kappa shape index (κ2) is 6.26. The largest absolute Gasteiger partial charge is 0.481 e. The fraction of sp³-hybridized carbons (Fsp3) is 0.429. The molecule has 1 fully saturated rings. The number of carbonyl (C=O) groups is 2. The number of nitrogens with zero attached hydrogens (tertiary/aromatic N) is 1. The van der Waals surface area contributed by atoms with E-state index in [2.05, 4.69) is 15.9 Å². The number of likely N-dealkylation sites (tertiary alicyclic amines) is 1. The molecular weight excluding hydrogens is 324 g/mol. The van der Waals surface area contributed by atoms with Crippen molar-refractivity contribution in [2.24, 2.45) is 5.92 Å². The third kappa shape index (κ3) is 3.50. The van der Waals surface area contributed by atoms with E-state index in [1.165, 1.54) is 0 Å². The summed E-state index contributed by atoms with van der Waals surface area (Å²) < 4.78 is 0.772. The average Bonchev–Trinajstić information content (AvgIpc) is 2.41. The minimum atomic E-state index is -0.768. The highest BCUT2D eigenvalue weighted by molar-refractivity contribution is 9.10. The first kappa shape index (κ1) is 14.8. The first-order chi connectivity index (χ1) is 9.47. The molecule has 1 saturated heterocycles. The van der Waals surface area contributed by atoms with Gasteiger partial charge in [-0.3, -0.25) is 9.59 Å². The van der Waals surface area contributed by atoms with Gasteiger partial charge in [0.05, 0.1) is 0 Å². The number of anilines is 1. The molecule has 0 bridgehead atoms. The van der Waals surface area contributed by atoms with Gasteiger partial charge in [-0.15, -0.1) is 0 Å². The molecule has 1 aromatic carbocycles. The highest BCUT2D eigenvalue weighted by Crippen LogP contribution is 2.24. The third-order valence-electron chi connectivity index (χ3n) is 3.61. The third-order valence-corrected chi connectivity index (χ3v) is 4.33. The number of amides is 1. The van der Waals surface area contributed by atoms with E-state index in [1.54, 1.807) is 23.1 Å². The van der Waals surface area contributed by atoms with E-state index in [0.29, 0.717) is 24.3 Å². The summed E-state index contributed by atoms with van der Waals surface area (Å²) in [5, 5.41) is 8.78. The molecule has 1 aliphatic rings. The van der Waals surface area contributed by atoms with E-state index in [1.807, 2.05) is 0 Å². The zero-order valence-corrected chi connectivity index (χ0v) is 12.6. The normalized spacial score (nSPS) is 16.1. The highest BCUT2D eigenvalue weighted by Gasteiger charge is 2.25. The van der Waals surface area contributed by atoms with Gasteiger partial charge in [-0.05, 0) is 52.9 Å². The molecule has 20 heavy (non-hydrogen) atoms. The second-order valence-electron chi connectivity index (χ2n) is 5.07. The van der Waals surface area contributed by atoms with E-state index in [-0.39, 0.29) is 18.2 Å². The number of rotatable bonds is 3. The van der Waals surface area contributed by atoms with Crippen molar-refractivity contribution in [2.75, 3.05) is 18.8 Å². The maximum absolute atomic E-state index is 12.3. The fourth-order valence-electron chi connectivity index (χ4n) is 2.45. The molecule has 0 aliphatic carbocycles. The van der Waals surface area contributed by atoms with Crippen LogP contribution in [-0.4, -0.2) is 35.0 Å². The Hall–Kier alpha value is -1.56. The predicted molar refractivity (Wildman–Crippen MR) is 79.4 cm³/mol. The van der Waals surface area contributed by atoms with E-state index in [9.17, 15) is 9.59 Å². The van der Waals surface area contributed by atoms with Crippen molar-refractivity contribution in [2.45, 2.75) is 19.3 Å². The van der Waals surface area contributed by atoms with Crippen molar-refractivity contribution in [3.8, 4) is 0 Å².